The second kappa shape index (κ2) is 7.05. The van der Waals surface area contributed by atoms with Crippen LogP contribution in [0.2, 0.25) is 5.02 Å². The van der Waals surface area contributed by atoms with Gasteiger partial charge in [-0.2, -0.15) is 0 Å². The van der Waals surface area contributed by atoms with Crippen LogP contribution in [-0.2, 0) is 0 Å². The Kier molecular flexibility index (Phi) is 5.30. The number of carbonyl (C=O) groups excluding carboxylic acids is 2. The lowest BCUT2D eigenvalue weighted by atomic mass is 10.1. The van der Waals surface area contributed by atoms with E-state index in [0.717, 1.165) is 5.56 Å². The van der Waals surface area contributed by atoms with Crippen molar-refractivity contribution in [1.82, 2.24) is 5.32 Å². The van der Waals surface area contributed by atoms with E-state index in [1.54, 1.807) is 42.5 Å². The second-order valence-electron chi connectivity index (χ2n) is 6.65. The first-order valence-electron chi connectivity index (χ1n) is 7.66. The molecule has 4 nitrogen and oxygen atoms in total. The summed E-state index contributed by atoms with van der Waals surface area (Å²) in [4.78, 5) is 24.4. The molecule has 2 amide bonds. The van der Waals surface area contributed by atoms with Crippen molar-refractivity contribution < 1.29 is 9.59 Å². The molecule has 5 heteroatoms. The SMILES string of the molecule is Cc1c(Cl)cccc1NC(=O)c1ccc(C(=O)NC(C)(C)C)cc1. The Labute approximate surface area is 147 Å². The van der Waals surface area contributed by atoms with E-state index in [0.29, 0.717) is 21.8 Å². The molecule has 2 aromatic rings. The van der Waals surface area contributed by atoms with Crippen LogP contribution in [-0.4, -0.2) is 17.4 Å². The van der Waals surface area contributed by atoms with Gasteiger partial charge in [0.05, 0.1) is 0 Å². The molecule has 0 aliphatic heterocycles. The first-order valence-corrected chi connectivity index (χ1v) is 8.04. The van der Waals surface area contributed by atoms with Crippen LogP contribution in [0.15, 0.2) is 42.5 Å². The van der Waals surface area contributed by atoms with E-state index in [-0.39, 0.29) is 17.4 Å². The minimum Gasteiger partial charge on any atom is -0.347 e. The average Bonchev–Trinajstić information content (AvgIpc) is 2.50. The standard InChI is InChI=1S/C19H21ClN2O2/c1-12-15(20)6-5-7-16(12)21-17(23)13-8-10-14(11-9-13)18(24)22-19(2,3)4/h5-11H,1-4H3,(H,21,23)(H,22,24). The van der Waals surface area contributed by atoms with Crippen LogP contribution in [0.1, 0.15) is 47.1 Å². The van der Waals surface area contributed by atoms with E-state index in [1.165, 1.54) is 0 Å². The lowest BCUT2D eigenvalue weighted by molar-refractivity contribution is 0.0918. The first-order chi connectivity index (χ1) is 11.2. The van der Waals surface area contributed by atoms with E-state index in [4.69, 9.17) is 11.6 Å². The van der Waals surface area contributed by atoms with Gasteiger partial charge in [0.15, 0.2) is 0 Å². The van der Waals surface area contributed by atoms with Crippen molar-refractivity contribution in [3.05, 3.63) is 64.2 Å². The van der Waals surface area contributed by atoms with Gasteiger partial charge in [-0.05, 0) is 69.7 Å². The Morgan fingerprint density at radius 1 is 0.917 bits per heavy atom. The van der Waals surface area contributed by atoms with Crippen LogP contribution in [0.5, 0.6) is 0 Å². The van der Waals surface area contributed by atoms with Gasteiger partial charge in [0.25, 0.3) is 11.8 Å². The summed E-state index contributed by atoms with van der Waals surface area (Å²) in [6, 6.07) is 11.9. The zero-order valence-corrected chi connectivity index (χ0v) is 15.0. The molecule has 0 aliphatic carbocycles. The lowest BCUT2D eigenvalue weighted by Crippen LogP contribution is -2.40. The fourth-order valence-electron chi connectivity index (χ4n) is 2.12. The summed E-state index contributed by atoms with van der Waals surface area (Å²) < 4.78 is 0. The molecule has 2 N–H and O–H groups in total. The Balaban J connectivity index is 2.11. The lowest BCUT2D eigenvalue weighted by Gasteiger charge is -2.20. The molecule has 0 aromatic heterocycles. The van der Waals surface area contributed by atoms with Gasteiger partial charge in [-0.1, -0.05) is 17.7 Å². The third-order valence-corrected chi connectivity index (χ3v) is 3.82. The summed E-state index contributed by atoms with van der Waals surface area (Å²) in [5.74, 6) is -0.414. The minimum absolute atomic E-state index is 0.167. The Bertz CT molecular complexity index is 762. The number of benzene rings is 2. The highest BCUT2D eigenvalue weighted by atomic mass is 35.5. The molecule has 24 heavy (non-hydrogen) atoms. The van der Waals surface area contributed by atoms with E-state index in [9.17, 15) is 9.59 Å². The van der Waals surface area contributed by atoms with Gasteiger partial charge in [0, 0.05) is 27.4 Å². The molecule has 2 rings (SSSR count). The molecule has 0 saturated heterocycles. The smallest absolute Gasteiger partial charge is 0.255 e. The van der Waals surface area contributed by atoms with Crippen molar-refractivity contribution in [3.63, 3.8) is 0 Å². The maximum absolute atomic E-state index is 12.3. The fourth-order valence-corrected chi connectivity index (χ4v) is 2.30. The Morgan fingerprint density at radius 2 is 1.46 bits per heavy atom. The van der Waals surface area contributed by atoms with Crippen LogP contribution in [0, 0.1) is 6.92 Å². The molecule has 0 spiro atoms. The number of amides is 2. The topological polar surface area (TPSA) is 58.2 Å². The average molecular weight is 345 g/mol. The van der Waals surface area contributed by atoms with Gasteiger partial charge in [-0.25, -0.2) is 0 Å². The molecular formula is C19H21ClN2O2. The maximum Gasteiger partial charge on any atom is 0.255 e. The zero-order valence-electron chi connectivity index (χ0n) is 14.2. The van der Waals surface area contributed by atoms with Crippen LogP contribution in [0.25, 0.3) is 0 Å². The maximum atomic E-state index is 12.3. The predicted molar refractivity (Wildman–Crippen MR) is 97.8 cm³/mol. The zero-order chi connectivity index (χ0) is 17.9. The number of rotatable bonds is 3. The third kappa shape index (κ3) is 4.59. The van der Waals surface area contributed by atoms with Gasteiger partial charge in [0.1, 0.15) is 0 Å². The number of hydrogen-bond donors (Lipinski definition) is 2. The predicted octanol–water partition coefficient (Wildman–Crippen LogP) is 4.43. The van der Waals surface area contributed by atoms with Gasteiger partial charge < -0.3 is 10.6 Å². The summed E-state index contributed by atoms with van der Waals surface area (Å²) in [5.41, 5.74) is 2.16. The summed E-state index contributed by atoms with van der Waals surface area (Å²) >= 11 is 6.06. The van der Waals surface area contributed by atoms with Crippen LogP contribution in [0.4, 0.5) is 5.69 Å². The van der Waals surface area contributed by atoms with Crippen LogP contribution < -0.4 is 10.6 Å². The summed E-state index contributed by atoms with van der Waals surface area (Å²) in [6.07, 6.45) is 0. The number of halogens is 1. The van der Waals surface area contributed by atoms with Gasteiger partial charge in [0.2, 0.25) is 0 Å². The number of hydrogen-bond acceptors (Lipinski definition) is 2. The molecular weight excluding hydrogens is 324 g/mol. The largest absolute Gasteiger partial charge is 0.347 e. The van der Waals surface area contributed by atoms with Gasteiger partial charge in [-0.3, -0.25) is 9.59 Å². The highest BCUT2D eigenvalue weighted by molar-refractivity contribution is 6.31. The first kappa shape index (κ1) is 18.0. The number of nitrogens with one attached hydrogen (secondary N) is 2. The highest BCUT2D eigenvalue weighted by Crippen LogP contribution is 2.23. The van der Waals surface area contributed by atoms with Crippen molar-refractivity contribution in [2.45, 2.75) is 33.2 Å². The van der Waals surface area contributed by atoms with Crippen molar-refractivity contribution in [1.29, 1.82) is 0 Å². The summed E-state index contributed by atoms with van der Waals surface area (Å²) in [7, 11) is 0. The molecule has 0 bridgehead atoms. The Morgan fingerprint density at radius 3 is 2.00 bits per heavy atom. The van der Waals surface area contributed by atoms with E-state index < -0.39 is 0 Å². The number of anilines is 1. The van der Waals surface area contributed by atoms with Gasteiger partial charge >= 0.3 is 0 Å². The van der Waals surface area contributed by atoms with Crippen LogP contribution >= 0.6 is 11.6 Å². The van der Waals surface area contributed by atoms with Crippen molar-refractivity contribution >= 4 is 29.1 Å². The van der Waals surface area contributed by atoms with Gasteiger partial charge in [-0.15, -0.1) is 0 Å². The molecule has 0 fully saturated rings. The van der Waals surface area contributed by atoms with Crippen molar-refractivity contribution in [3.8, 4) is 0 Å². The molecule has 0 unspecified atom stereocenters. The molecule has 126 valence electrons. The molecule has 0 heterocycles. The van der Waals surface area contributed by atoms with E-state index in [2.05, 4.69) is 10.6 Å². The fraction of sp³-hybridized carbons (Fsp3) is 0.263. The van der Waals surface area contributed by atoms with Crippen molar-refractivity contribution in [2.75, 3.05) is 5.32 Å². The molecule has 0 atom stereocenters. The molecule has 2 aromatic carbocycles. The monoisotopic (exact) mass is 344 g/mol. The van der Waals surface area contributed by atoms with E-state index in [1.807, 2.05) is 27.7 Å². The summed E-state index contributed by atoms with van der Waals surface area (Å²) in [6.45, 7) is 7.60. The van der Waals surface area contributed by atoms with Crippen LogP contribution in [0.3, 0.4) is 0 Å². The Hall–Kier alpha value is -2.33. The number of carbonyl (C=O) groups is 2. The summed E-state index contributed by atoms with van der Waals surface area (Å²) in [5, 5.41) is 6.31. The molecule has 0 saturated carbocycles. The highest BCUT2D eigenvalue weighted by Gasteiger charge is 2.16. The second-order valence-corrected chi connectivity index (χ2v) is 7.06. The normalized spacial score (nSPS) is 11.0. The molecule has 0 aliphatic rings. The van der Waals surface area contributed by atoms with Crippen molar-refractivity contribution in [2.24, 2.45) is 0 Å². The van der Waals surface area contributed by atoms with E-state index >= 15 is 0 Å². The third-order valence-electron chi connectivity index (χ3n) is 3.41. The quantitative estimate of drug-likeness (QED) is 0.865. The minimum atomic E-state index is -0.308. The molecule has 0 radical (unpaired) electrons.